The predicted octanol–water partition coefficient (Wildman–Crippen LogP) is -0.339. The van der Waals surface area contributed by atoms with Crippen molar-refractivity contribution in [2.24, 2.45) is 0 Å². The number of quaternary nitrogens is 1. The Balaban J connectivity index is 0.00000578. The highest BCUT2D eigenvalue weighted by atomic mass is 35.5. The van der Waals surface area contributed by atoms with Crippen LogP contribution in [0.15, 0.2) is 54.6 Å². The monoisotopic (exact) mass is 491 g/mol. The van der Waals surface area contributed by atoms with Crippen LogP contribution in [0.1, 0.15) is 40.7 Å². The SMILES string of the molecule is CC(C(=O)OCC(=O)O[C@H](CC(=O)O)C[N+](C)(C)C)c1cccc(C(=O)c2ccccc2)c1.[Cl-]. The lowest BCUT2D eigenvalue weighted by atomic mass is 9.96. The van der Waals surface area contributed by atoms with Crippen LogP contribution in [0.25, 0.3) is 0 Å². The summed E-state index contributed by atoms with van der Waals surface area (Å²) in [7, 11) is 5.54. The molecule has 0 aliphatic rings. The molecule has 1 unspecified atom stereocenters. The fraction of sp³-hybridized carbons (Fsp3) is 0.360. The highest BCUT2D eigenvalue weighted by Crippen LogP contribution is 2.20. The first-order valence-corrected chi connectivity index (χ1v) is 10.5. The second kappa shape index (κ2) is 12.9. The smallest absolute Gasteiger partial charge is 0.344 e. The lowest BCUT2D eigenvalue weighted by molar-refractivity contribution is -0.873. The first-order chi connectivity index (χ1) is 15.5. The van der Waals surface area contributed by atoms with Crippen molar-refractivity contribution in [3.63, 3.8) is 0 Å². The van der Waals surface area contributed by atoms with E-state index >= 15 is 0 Å². The van der Waals surface area contributed by atoms with Crippen LogP contribution in [0, 0.1) is 0 Å². The number of hydrogen-bond donors (Lipinski definition) is 1. The number of likely N-dealkylation sites (N-methyl/N-ethyl adjacent to an activating group) is 1. The molecule has 0 aliphatic carbocycles. The van der Waals surface area contributed by atoms with Gasteiger partial charge in [0.05, 0.1) is 33.5 Å². The van der Waals surface area contributed by atoms with Gasteiger partial charge in [0.2, 0.25) is 0 Å². The molecule has 2 aromatic rings. The zero-order valence-electron chi connectivity index (χ0n) is 19.7. The van der Waals surface area contributed by atoms with E-state index < -0.39 is 36.5 Å². The van der Waals surface area contributed by atoms with Crippen molar-refractivity contribution < 1.29 is 50.6 Å². The second-order valence-electron chi connectivity index (χ2n) is 8.83. The van der Waals surface area contributed by atoms with E-state index in [9.17, 15) is 19.2 Å². The van der Waals surface area contributed by atoms with Gasteiger partial charge in [-0.1, -0.05) is 48.5 Å². The van der Waals surface area contributed by atoms with E-state index in [1.807, 2.05) is 27.2 Å². The molecular weight excluding hydrogens is 462 g/mol. The molecule has 0 saturated carbocycles. The Morgan fingerprint density at radius 1 is 0.941 bits per heavy atom. The van der Waals surface area contributed by atoms with Crippen LogP contribution in [0.5, 0.6) is 0 Å². The van der Waals surface area contributed by atoms with E-state index in [0.29, 0.717) is 27.7 Å². The molecule has 0 saturated heterocycles. The number of aliphatic carboxylic acids is 1. The molecule has 0 bridgehead atoms. The number of ether oxygens (including phenoxy) is 2. The average Bonchev–Trinajstić information content (AvgIpc) is 2.75. The Bertz CT molecular complexity index is 1000. The normalized spacial score (nSPS) is 12.6. The van der Waals surface area contributed by atoms with E-state index in [1.165, 1.54) is 0 Å². The van der Waals surface area contributed by atoms with Crippen molar-refractivity contribution in [1.29, 1.82) is 0 Å². The van der Waals surface area contributed by atoms with Crippen LogP contribution in [0.4, 0.5) is 0 Å². The summed E-state index contributed by atoms with van der Waals surface area (Å²) in [6.07, 6.45) is -1.18. The van der Waals surface area contributed by atoms with E-state index in [4.69, 9.17) is 14.6 Å². The molecule has 9 heteroatoms. The summed E-state index contributed by atoms with van der Waals surface area (Å²) < 4.78 is 10.7. The molecule has 1 N–H and O–H groups in total. The van der Waals surface area contributed by atoms with Gasteiger partial charge in [0.1, 0.15) is 6.54 Å². The minimum Gasteiger partial charge on any atom is -1.00 e. The Kier molecular flexibility index (Phi) is 10.9. The van der Waals surface area contributed by atoms with Gasteiger partial charge in [0.15, 0.2) is 18.5 Å². The molecule has 0 aromatic heterocycles. The number of ketones is 1. The third-order valence-electron chi connectivity index (χ3n) is 4.82. The summed E-state index contributed by atoms with van der Waals surface area (Å²) in [4.78, 5) is 48.3. The molecule has 0 fully saturated rings. The molecule has 0 radical (unpaired) electrons. The number of nitrogens with zero attached hydrogens (tertiary/aromatic N) is 1. The maximum atomic E-state index is 12.7. The molecule has 184 valence electrons. The number of esters is 2. The maximum absolute atomic E-state index is 12.7. The molecule has 8 nitrogen and oxygen atoms in total. The van der Waals surface area contributed by atoms with Gasteiger partial charge in [-0.3, -0.25) is 14.4 Å². The highest BCUT2D eigenvalue weighted by molar-refractivity contribution is 6.09. The molecule has 0 aliphatic heterocycles. The van der Waals surface area contributed by atoms with Crippen LogP contribution >= 0.6 is 0 Å². The summed E-state index contributed by atoms with van der Waals surface area (Å²) >= 11 is 0. The quantitative estimate of drug-likeness (QED) is 0.260. The second-order valence-corrected chi connectivity index (χ2v) is 8.83. The van der Waals surface area contributed by atoms with Crippen LogP contribution in [-0.2, 0) is 23.9 Å². The Morgan fingerprint density at radius 2 is 1.56 bits per heavy atom. The van der Waals surface area contributed by atoms with Gasteiger partial charge in [-0.05, 0) is 18.6 Å². The van der Waals surface area contributed by atoms with Crippen molar-refractivity contribution >= 4 is 23.7 Å². The van der Waals surface area contributed by atoms with Crippen LogP contribution in [-0.4, -0.2) is 73.7 Å². The van der Waals surface area contributed by atoms with Crippen molar-refractivity contribution in [2.75, 3.05) is 34.3 Å². The highest BCUT2D eigenvalue weighted by Gasteiger charge is 2.26. The number of benzene rings is 2. The predicted molar refractivity (Wildman–Crippen MR) is 121 cm³/mol. The Hall–Kier alpha value is -3.23. The lowest BCUT2D eigenvalue weighted by Gasteiger charge is -2.28. The maximum Gasteiger partial charge on any atom is 0.344 e. The number of rotatable bonds is 11. The Labute approximate surface area is 205 Å². The zero-order valence-corrected chi connectivity index (χ0v) is 20.4. The fourth-order valence-corrected chi connectivity index (χ4v) is 3.27. The number of carboxylic acid groups (broad SMARTS) is 1. The topological polar surface area (TPSA) is 107 Å². The lowest BCUT2D eigenvalue weighted by Crippen LogP contribution is -3.00. The summed E-state index contributed by atoms with van der Waals surface area (Å²) in [5.74, 6) is -3.44. The molecular formula is C25H30ClNO7. The number of carbonyl (C=O) groups excluding carboxylic acids is 3. The van der Waals surface area contributed by atoms with E-state index in [1.54, 1.807) is 55.5 Å². The third kappa shape index (κ3) is 9.33. The summed E-state index contributed by atoms with van der Waals surface area (Å²) in [5, 5.41) is 9.04. The molecule has 2 atom stereocenters. The number of carboxylic acids is 1. The van der Waals surface area contributed by atoms with Crippen molar-refractivity contribution in [2.45, 2.75) is 25.4 Å². The zero-order chi connectivity index (χ0) is 24.6. The third-order valence-corrected chi connectivity index (χ3v) is 4.82. The van der Waals surface area contributed by atoms with Gasteiger partial charge >= 0.3 is 17.9 Å². The number of hydrogen-bond acceptors (Lipinski definition) is 6. The molecule has 0 amide bonds. The average molecular weight is 492 g/mol. The molecule has 0 spiro atoms. The van der Waals surface area contributed by atoms with Gasteiger partial charge in [0.25, 0.3) is 0 Å². The molecule has 0 heterocycles. The largest absolute Gasteiger partial charge is 1.00 e. The van der Waals surface area contributed by atoms with Gasteiger partial charge in [-0.2, -0.15) is 0 Å². The van der Waals surface area contributed by atoms with E-state index in [2.05, 4.69) is 0 Å². The fourth-order valence-electron chi connectivity index (χ4n) is 3.27. The summed E-state index contributed by atoms with van der Waals surface area (Å²) in [6, 6.07) is 15.5. The van der Waals surface area contributed by atoms with Crippen molar-refractivity contribution in [3.05, 3.63) is 71.3 Å². The van der Waals surface area contributed by atoms with E-state index in [0.717, 1.165) is 0 Å². The first-order valence-electron chi connectivity index (χ1n) is 10.5. The van der Waals surface area contributed by atoms with Gasteiger partial charge in [-0.15, -0.1) is 0 Å². The van der Waals surface area contributed by atoms with Crippen LogP contribution in [0.3, 0.4) is 0 Å². The Morgan fingerprint density at radius 3 is 2.15 bits per heavy atom. The summed E-state index contributed by atoms with van der Waals surface area (Å²) in [6.45, 7) is 1.29. The molecule has 34 heavy (non-hydrogen) atoms. The van der Waals surface area contributed by atoms with Crippen molar-refractivity contribution in [1.82, 2.24) is 0 Å². The summed E-state index contributed by atoms with van der Waals surface area (Å²) in [5.41, 5.74) is 1.55. The van der Waals surface area contributed by atoms with Gasteiger partial charge in [0, 0.05) is 11.1 Å². The minimum atomic E-state index is -1.09. The van der Waals surface area contributed by atoms with Crippen LogP contribution < -0.4 is 12.4 Å². The molecule has 2 rings (SSSR count). The molecule has 2 aromatic carbocycles. The van der Waals surface area contributed by atoms with E-state index in [-0.39, 0.29) is 24.6 Å². The van der Waals surface area contributed by atoms with Crippen LogP contribution in [0.2, 0.25) is 0 Å². The first kappa shape index (κ1) is 28.8. The number of carbonyl (C=O) groups is 4. The van der Waals surface area contributed by atoms with Gasteiger partial charge in [-0.25, -0.2) is 4.79 Å². The minimum absolute atomic E-state index is 0. The van der Waals surface area contributed by atoms with Crippen molar-refractivity contribution in [3.8, 4) is 0 Å². The van der Waals surface area contributed by atoms with Gasteiger partial charge < -0.3 is 31.5 Å². The standard InChI is InChI=1S/C25H29NO7.ClH/c1-17(19-11-8-12-20(13-19)24(30)18-9-6-5-7-10-18)25(31)32-16-23(29)33-21(14-22(27)28)15-26(2,3)4;/h5-13,17,21H,14-16H2,1-4H3;1H/t17?,21-;/m1./s1. The number of halogens is 1.